The quantitative estimate of drug-likeness (QED) is 0.919. The predicted molar refractivity (Wildman–Crippen MR) is 87.4 cm³/mol. The van der Waals surface area contributed by atoms with E-state index in [2.05, 4.69) is 5.16 Å². The maximum atomic E-state index is 14.2. The Labute approximate surface area is 144 Å². The fourth-order valence-electron chi connectivity index (χ4n) is 3.22. The van der Waals surface area contributed by atoms with E-state index in [4.69, 9.17) is 16.1 Å². The molecule has 1 aliphatic carbocycles. The number of aliphatic hydroxyl groups is 1. The monoisotopic (exact) mass is 352 g/mol. The smallest absolute Gasteiger partial charge is 0.259 e. The van der Waals surface area contributed by atoms with Crippen LogP contribution in [-0.4, -0.2) is 40.3 Å². The van der Waals surface area contributed by atoms with Gasteiger partial charge >= 0.3 is 0 Å². The normalized spacial score (nSPS) is 20.4. The number of aryl methyl sites for hydroxylation is 1. The third-order valence-electron chi connectivity index (χ3n) is 4.54. The van der Waals surface area contributed by atoms with Crippen molar-refractivity contribution in [2.75, 3.05) is 7.05 Å². The maximum absolute atomic E-state index is 14.2. The van der Waals surface area contributed by atoms with Gasteiger partial charge in [-0.2, -0.15) is 0 Å². The zero-order valence-electron chi connectivity index (χ0n) is 13.4. The number of hydrogen-bond acceptors (Lipinski definition) is 4. The van der Waals surface area contributed by atoms with Crippen LogP contribution in [-0.2, 0) is 0 Å². The number of hydrogen-bond donors (Lipinski definition) is 1. The molecule has 0 saturated heterocycles. The zero-order chi connectivity index (χ0) is 17.4. The van der Waals surface area contributed by atoms with E-state index in [9.17, 15) is 14.3 Å². The van der Waals surface area contributed by atoms with Crippen LogP contribution in [0.3, 0.4) is 0 Å². The van der Waals surface area contributed by atoms with Gasteiger partial charge in [-0.15, -0.1) is 0 Å². The van der Waals surface area contributed by atoms with Gasteiger partial charge in [0.05, 0.1) is 22.7 Å². The van der Waals surface area contributed by atoms with E-state index >= 15 is 0 Å². The number of halogens is 2. The fourth-order valence-corrected chi connectivity index (χ4v) is 3.47. The summed E-state index contributed by atoms with van der Waals surface area (Å²) in [7, 11) is 1.63. The van der Waals surface area contributed by atoms with Crippen molar-refractivity contribution in [3.63, 3.8) is 0 Å². The summed E-state index contributed by atoms with van der Waals surface area (Å²) >= 11 is 6.09. The van der Waals surface area contributed by atoms with Crippen molar-refractivity contribution >= 4 is 17.5 Å². The molecule has 0 radical (unpaired) electrons. The van der Waals surface area contributed by atoms with E-state index in [0.29, 0.717) is 6.42 Å². The number of carbonyl (C=O) groups is 1. The number of aliphatic hydroxyl groups excluding tert-OH is 1. The molecule has 0 unspecified atom stereocenters. The highest BCUT2D eigenvalue weighted by atomic mass is 35.5. The van der Waals surface area contributed by atoms with Crippen LogP contribution < -0.4 is 0 Å². The Bertz CT molecular complexity index is 757. The second kappa shape index (κ2) is 6.53. The third kappa shape index (κ3) is 2.80. The van der Waals surface area contributed by atoms with E-state index in [-0.39, 0.29) is 39.6 Å². The Morgan fingerprint density at radius 3 is 2.83 bits per heavy atom. The first-order valence-electron chi connectivity index (χ1n) is 7.77. The van der Waals surface area contributed by atoms with Crippen molar-refractivity contribution in [2.45, 2.75) is 38.3 Å². The van der Waals surface area contributed by atoms with Gasteiger partial charge in [-0.25, -0.2) is 4.39 Å². The van der Waals surface area contributed by atoms with Crippen LogP contribution in [0.1, 0.15) is 35.4 Å². The minimum atomic E-state index is -0.576. The number of carbonyl (C=O) groups excluding carboxylic acids is 1. The van der Waals surface area contributed by atoms with Crippen LogP contribution in [0.15, 0.2) is 22.7 Å². The lowest BCUT2D eigenvalue weighted by Gasteiger charge is -2.27. The molecule has 2 atom stereocenters. The second-order valence-corrected chi connectivity index (χ2v) is 6.45. The molecule has 1 heterocycles. The van der Waals surface area contributed by atoms with Gasteiger partial charge in [-0.1, -0.05) is 22.8 Å². The van der Waals surface area contributed by atoms with Gasteiger partial charge in [-0.05, 0) is 38.3 Å². The van der Waals surface area contributed by atoms with E-state index in [1.807, 2.05) is 0 Å². The number of likely N-dealkylation sites (N-methyl/N-ethyl adjacent to an activating group) is 1. The van der Waals surface area contributed by atoms with Crippen LogP contribution in [0.25, 0.3) is 11.3 Å². The molecule has 1 aromatic heterocycles. The van der Waals surface area contributed by atoms with Gasteiger partial charge in [0.25, 0.3) is 5.91 Å². The molecule has 1 fully saturated rings. The van der Waals surface area contributed by atoms with E-state index < -0.39 is 11.9 Å². The summed E-state index contributed by atoms with van der Waals surface area (Å²) in [5.41, 5.74) is 0.295. The third-order valence-corrected chi connectivity index (χ3v) is 4.85. The van der Waals surface area contributed by atoms with Crippen LogP contribution in [0, 0.1) is 12.7 Å². The molecule has 7 heteroatoms. The highest BCUT2D eigenvalue weighted by Crippen LogP contribution is 2.35. The van der Waals surface area contributed by atoms with E-state index in [0.717, 1.165) is 12.8 Å². The predicted octanol–water partition coefficient (Wildman–Crippen LogP) is 3.43. The summed E-state index contributed by atoms with van der Waals surface area (Å²) in [4.78, 5) is 14.4. The Kier molecular flexibility index (Phi) is 4.60. The Hall–Kier alpha value is -1.92. The van der Waals surface area contributed by atoms with Crippen LogP contribution >= 0.6 is 11.6 Å². The van der Waals surface area contributed by atoms with Crippen LogP contribution in [0.5, 0.6) is 0 Å². The van der Waals surface area contributed by atoms with Gasteiger partial charge < -0.3 is 14.5 Å². The molecule has 128 valence electrons. The van der Waals surface area contributed by atoms with Crippen LogP contribution in [0.2, 0.25) is 5.02 Å². The van der Waals surface area contributed by atoms with Gasteiger partial charge in [0.15, 0.2) is 0 Å². The topological polar surface area (TPSA) is 66.6 Å². The van der Waals surface area contributed by atoms with Crippen molar-refractivity contribution < 1.29 is 18.8 Å². The molecule has 1 N–H and O–H groups in total. The first-order valence-corrected chi connectivity index (χ1v) is 8.15. The Balaban J connectivity index is 2.03. The van der Waals surface area contributed by atoms with E-state index in [1.54, 1.807) is 14.0 Å². The molecule has 2 aromatic rings. The van der Waals surface area contributed by atoms with Crippen molar-refractivity contribution in [1.82, 2.24) is 10.1 Å². The second-order valence-electron chi connectivity index (χ2n) is 6.04. The number of nitrogens with zero attached hydrogens (tertiary/aromatic N) is 2. The molecule has 5 nitrogen and oxygen atoms in total. The molecule has 1 aromatic carbocycles. The lowest BCUT2D eigenvalue weighted by Crippen LogP contribution is -2.41. The molecule has 1 aliphatic rings. The number of amides is 1. The van der Waals surface area contributed by atoms with E-state index in [1.165, 1.54) is 23.1 Å². The standard InChI is InChI=1S/C17H18ClFN2O3/c1-9-14(17(23)21(2)12-7-4-8-13(12)22)16(20-24-9)15-10(18)5-3-6-11(15)19/h3,5-6,12-13,22H,4,7-8H2,1-2H3/t12-,13-/m1/s1. The average molecular weight is 353 g/mol. The molecule has 0 spiro atoms. The largest absolute Gasteiger partial charge is 0.391 e. The number of aromatic nitrogens is 1. The average Bonchev–Trinajstić information content (AvgIpc) is 3.12. The highest BCUT2D eigenvalue weighted by Gasteiger charge is 2.35. The molecule has 0 bridgehead atoms. The van der Waals surface area contributed by atoms with Crippen molar-refractivity contribution in [3.8, 4) is 11.3 Å². The Morgan fingerprint density at radius 2 is 2.21 bits per heavy atom. The first kappa shape index (κ1) is 16.9. The number of benzene rings is 1. The lowest BCUT2D eigenvalue weighted by atomic mass is 10.0. The SMILES string of the molecule is Cc1onc(-c2c(F)cccc2Cl)c1C(=O)N(C)[C@@H]1CCC[C@H]1O. The molecule has 1 amide bonds. The van der Waals surface area contributed by atoms with Gasteiger partial charge in [0.2, 0.25) is 0 Å². The summed E-state index contributed by atoms with van der Waals surface area (Å²) in [6.07, 6.45) is 1.69. The summed E-state index contributed by atoms with van der Waals surface area (Å²) < 4.78 is 19.4. The number of rotatable bonds is 3. The summed E-state index contributed by atoms with van der Waals surface area (Å²) in [5, 5.41) is 14.0. The molecular weight excluding hydrogens is 335 g/mol. The molecular formula is C17H18ClFN2O3. The van der Waals surface area contributed by atoms with Crippen molar-refractivity contribution in [3.05, 3.63) is 40.4 Å². The van der Waals surface area contributed by atoms with Crippen molar-refractivity contribution in [2.24, 2.45) is 0 Å². The Morgan fingerprint density at radius 1 is 1.46 bits per heavy atom. The molecule has 0 aliphatic heterocycles. The molecule has 3 rings (SSSR count). The zero-order valence-corrected chi connectivity index (χ0v) is 14.2. The summed E-state index contributed by atoms with van der Waals surface area (Å²) in [6.45, 7) is 1.59. The van der Waals surface area contributed by atoms with Gasteiger partial charge in [-0.3, -0.25) is 4.79 Å². The highest BCUT2D eigenvalue weighted by molar-refractivity contribution is 6.33. The van der Waals surface area contributed by atoms with Crippen molar-refractivity contribution in [1.29, 1.82) is 0 Å². The minimum absolute atomic E-state index is 0.0414. The summed E-state index contributed by atoms with van der Waals surface area (Å²) in [6, 6.07) is 4.00. The fraction of sp³-hybridized carbons (Fsp3) is 0.412. The van der Waals surface area contributed by atoms with Gasteiger partial charge in [0.1, 0.15) is 22.8 Å². The van der Waals surface area contributed by atoms with Gasteiger partial charge in [0, 0.05) is 7.05 Å². The first-order chi connectivity index (χ1) is 11.4. The minimum Gasteiger partial charge on any atom is -0.391 e. The molecule has 1 saturated carbocycles. The molecule has 24 heavy (non-hydrogen) atoms. The lowest BCUT2D eigenvalue weighted by molar-refractivity contribution is 0.0537. The summed E-state index contributed by atoms with van der Waals surface area (Å²) in [5.74, 6) is -0.656. The van der Waals surface area contributed by atoms with Crippen LogP contribution in [0.4, 0.5) is 4.39 Å². The maximum Gasteiger partial charge on any atom is 0.259 e.